The van der Waals surface area contributed by atoms with Gasteiger partial charge in [0, 0.05) is 30.6 Å². The van der Waals surface area contributed by atoms with Crippen molar-refractivity contribution < 1.29 is 13.3 Å². The Bertz CT molecular complexity index is 910. The van der Waals surface area contributed by atoms with Gasteiger partial charge in [-0.3, -0.25) is 4.90 Å². The molecule has 0 radical (unpaired) electrons. The van der Waals surface area contributed by atoms with Gasteiger partial charge in [-0.15, -0.1) is 5.10 Å². The number of rotatable bonds is 4. The van der Waals surface area contributed by atoms with Crippen LogP contribution in [0.3, 0.4) is 0 Å². The monoisotopic (exact) mass is 376 g/mol. The Morgan fingerprint density at radius 1 is 1.31 bits per heavy atom. The number of hydrogen-bond donors (Lipinski definition) is 0. The lowest BCUT2D eigenvalue weighted by molar-refractivity contribution is 0.196. The predicted molar refractivity (Wildman–Crippen MR) is 93.8 cm³/mol. The zero-order chi connectivity index (χ0) is 18.1. The van der Waals surface area contributed by atoms with Crippen molar-refractivity contribution in [3.63, 3.8) is 0 Å². The zero-order valence-corrected chi connectivity index (χ0v) is 15.1. The smallest absolute Gasteiger partial charge is 0.180 e. The Kier molecular flexibility index (Phi) is 4.78. The molecule has 1 fully saturated rings. The highest BCUT2D eigenvalue weighted by atomic mass is 32.1. The average molecular weight is 376 g/mol. The molecule has 2 aromatic heterocycles. The van der Waals surface area contributed by atoms with E-state index in [1.54, 1.807) is 0 Å². The van der Waals surface area contributed by atoms with Gasteiger partial charge in [-0.25, -0.2) is 8.78 Å². The van der Waals surface area contributed by atoms with Crippen LogP contribution < -0.4 is 0 Å². The first-order chi connectivity index (χ1) is 12.6. The van der Waals surface area contributed by atoms with Crippen LogP contribution in [0.5, 0.6) is 0 Å². The van der Waals surface area contributed by atoms with Crippen molar-refractivity contribution in [1.29, 1.82) is 0 Å². The molecule has 0 saturated carbocycles. The fourth-order valence-electron chi connectivity index (χ4n) is 3.43. The molecule has 8 heteroatoms. The van der Waals surface area contributed by atoms with E-state index >= 15 is 0 Å². The second-order valence-corrected chi connectivity index (χ2v) is 7.38. The SMILES string of the molecule is Cc1cc(-c2snnc2C2CCCN(Cc3cc(F)ccc3F)C2)on1. The molecule has 1 aromatic carbocycles. The van der Waals surface area contributed by atoms with Crippen LogP contribution in [-0.4, -0.2) is 32.7 Å². The van der Waals surface area contributed by atoms with E-state index in [9.17, 15) is 8.78 Å². The minimum Gasteiger partial charge on any atom is -0.355 e. The molecule has 0 bridgehead atoms. The summed E-state index contributed by atoms with van der Waals surface area (Å²) >= 11 is 1.30. The number of likely N-dealkylation sites (tertiary alicyclic amines) is 1. The number of halogens is 2. The van der Waals surface area contributed by atoms with Gasteiger partial charge >= 0.3 is 0 Å². The summed E-state index contributed by atoms with van der Waals surface area (Å²) in [6.45, 7) is 3.83. The molecule has 1 atom stereocenters. The van der Waals surface area contributed by atoms with Crippen molar-refractivity contribution in [3.8, 4) is 10.6 Å². The van der Waals surface area contributed by atoms with E-state index < -0.39 is 5.82 Å². The highest BCUT2D eigenvalue weighted by molar-refractivity contribution is 7.09. The summed E-state index contributed by atoms with van der Waals surface area (Å²) in [7, 11) is 0. The summed E-state index contributed by atoms with van der Waals surface area (Å²) in [4.78, 5) is 3.04. The van der Waals surface area contributed by atoms with Gasteiger partial charge in [-0.2, -0.15) is 0 Å². The van der Waals surface area contributed by atoms with Crippen LogP contribution in [0.1, 0.15) is 35.7 Å². The van der Waals surface area contributed by atoms with E-state index in [0.717, 1.165) is 48.3 Å². The first kappa shape index (κ1) is 17.2. The number of benzene rings is 1. The number of nitrogens with zero attached hydrogens (tertiary/aromatic N) is 4. The minimum absolute atomic E-state index is 0.180. The fraction of sp³-hybridized carbons (Fsp3) is 0.389. The van der Waals surface area contributed by atoms with Gasteiger partial charge < -0.3 is 4.52 Å². The second-order valence-electron chi connectivity index (χ2n) is 6.63. The molecule has 5 nitrogen and oxygen atoms in total. The molecule has 0 N–H and O–H groups in total. The quantitative estimate of drug-likeness (QED) is 0.684. The van der Waals surface area contributed by atoms with Gasteiger partial charge in [0.25, 0.3) is 0 Å². The molecular weight excluding hydrogens is 358 g/mol. The van der Waals surface area contributed by atoms with Crippen molar-refractivity contribution >= 4 is 11.5 Å². The Balaban J connectivity index is 1.53. The average Bonchev–Trinajstić information content (AvgIpc) is 3.27. The Hall–Kier alpha value is -2.19. The van der Waals surface area contributed by atoms with E-state index in [1.807, 2.05) is 13.0 Å². The maximum absolute atomic E-state index is 13.9. The molecule has 1 aliphatic rings. The topological polar surface area (TPSA) is 55.1 Å². The summed E-state index contributed by atoms with van der Waals surface area (Å²) in [6.07, 6.45) is 1.95. The highest BCUT2D eigenvalue weighted by Crippen LogP contribution is 2.35. The normalized spacial score (nSPS) is 18.3. The summed E-state index contributed by atoms with van der Waals surface area (Å²) in [6, 6.07) is 5.47. The van der Waals surface area contributed by atoms with E-state index in [4.69, 9.17) is 4.52 Å². The van der Waals surface area contributed by atoms with Crippen LogP contribution in [-0.2, 0) is 6.54 Å². The molecule has 1 aliphatic heterocycles. The van der Waals surface area contributed by atoms with Gasteiger partial charge in [0.15, 0.2) is 5.76 Å². The van der Waals surface area contributed by atoms with Gasteiger partial charge in [0.05, 0.1) is 11.4 Å². The van der Waals surface area contributed by atoms with Crippen LogP contribution in [0, 0.1) is 18.6 Å². The Labute approximate surface area is 153 Å². The summed E-state index contributed by atoms with van der Waals surface area (Å²) in [5.74, 6) is 0.0728. The lowest BCUT2D eigenvalue weighted by Crippen LogP contribution is -2.34. The van der Waals surface area contributed by atoms with E-state index in [2.05, 4.69) is 19.6 Å². The van der Waals surface area contributed by atoms with Crippen LogP contribution >= 0.6 is 11.5 Å². The van der Waals surface area contributed by atoms with E-state index in [0.29, 0.717) is 17.9 Å². The van der Waals surface area contributed by atoms with Crippen molar-refractivity contribution in [3.05, 3.63) is 52.9 Å². The molecule has 1 unspecified atom stereocenters. The van der Waals surface area contributed by atoms with Crippen molar-refractivity contribution in [2.24, 2.45) is 0 Å². The minimum atomic E-state index is -0.415. The third-order valence-corrected chi connectivity index (χ3v) is 5.42. The Morgan fingerprint density at radius 3 is 3.00 bits per heavy atom. The molecule has 0 amide bonds. The van der Waals surface area contributed by atoms with Gasteiger partial charge in [-0.1, -0.05) is 9.64 Å². The predicted octanol–water partition coefficient (Wildman–Crippen LogP) is 4.16. The molecular formula is C18H18F2N4OS. The summed E-state index contributed by atoms with van der Waals surface area (Å²) in [5.41, 5.74) is 2.09. The van der Waals surface area contributed by atoms with E-state index in [-0.39, 0.29) is 11.7 Å². The molecule has 3 heterocycles. The van der Waals surface area contributed by atoms with Crippen LogP contribution in [0.15, 0.2) is 28.8 Å². The molecule has 0 aliphatic carbocycles. The fourth-order valence-corrected chi connectivity index (χ4v) is 4.13. The second kappa shape index (κ2) is 7.20. The molecule has 26 heavy (non-hydrogen) atoms. The van der Waals surface area contributed by atoms with Gasteiger partial charge in [0.1, 0.15) is 16.5 Å². The third-order valence-electron chi connectivity index (χ3n) is 4.66. The first-order valence-electron chi connectivity index (χ1n) is 8.52. The molecule has 0 spiro atoms. The van der Waals surface area contributed by atoms with Crippen molar-refractivity contribution in [2.45, 2.75) is 32.2 Å². The standard InChI is InChI=1S/C18H18F2N4OS/c1-11-7-16(25-22-11)18-17(21-23-26-18)12-3-2-6-24(9-12)10-13-8-14(19)4-5-15(13)20/h4-5,7-8,12H,2-3,6,9-10H2,1H3. The molecule has 4 rings (SSSR count). The molecule has 1 saturated heterocycles. The number of aromatic nitrogens is 3. The highest BCUT2D eigenvalue weighted by Gasteiger charge is 2.28. The lowest BCUT2D eigenvalue weighted by Gasteiger charge is -2.32. The van der Waals surface area contributed by atoms with Gasteiger partial charge in [-0.05, 0) is 56.0 Å². The van der Waals surface area contributed by atoms with Crippen LogP contribution in [0.4, 0.5) is 8.78 Å². The van der Waals surface area contributed by atoms with Crippen LogP contribution in [0.2, 0.25) is 0 Å². The summed E-state index contributed by atoms with van der Waals surface area (Å²) in [5, 5.41) is 8.25. The number of piperidine rings is 1. The largest absolute Gasteiger partial charge is 0.355 e. The first-order valence-corrected chi connectivity index (χ1v) is 9.29. The van der Waals surface area contributed by atoms with E-state index in [1.165, 1.54) is 23.7 Å². The summed E-state index contributed by atoms with van der Waals surface area (Å²) < 4.78 is 36.8. The lowest BCUT2D eigenvalue weighted by atomic mass is 9.93. The van der Waals surface area contributed by atoms with Gasteiger partial charge in [0.2, 0.25) is 0 Å². The molecule has 3 aromatic rings. The number of aryl methyl sites for hydroxylation is 1. The molecule has 136 valence electrons. The number of hydrogen-bond acceptors (Lipinski definition) is 6. The maximum Gasteiger partial charge on any atom is 0.180 e. The van der Waals surface area contributed by atoms with Crippen molar-refractivity contribution in [1.82, 2.24) is 19.6 Å². The van der Waals surface area contributed by atoms with Crippen molar-refractivity contribution in [2.75, 3.05) is 13.1 Å². The Morgan fingerprint density at radius 2 is 2.19 bits per heavy atom. The zero-order valence-electron chi connectivity index (χ0n) is 14.3. The maximum atomic E-state index is 13.9. The third kappa shape index (κ3) is 3.52. The van der Waals surface area contributed by atoms with Crippen LogP contribution in [0.25, 0.3) is 10.6 Å².